The number of hydrogen-bond donors (Lipinski definition) is 1. The third kappa shape index (κ3) is 5.79. The Hall–Kier alpha value is -2.92. The highest BCUT2D eigenvalue weighted by molar-refractivity contribution is 7.92. The Morgan fingerprint density at radius 1 is 1.18 bits per heavy atom. The lowest BCUT2D eigenvalue weighted by molar-refractivity contribution is -0.130. The zero-order valence-corrected chi connectivity index (χ0v) is 16.5. The van der Waals surface area contributed by atoms with Gasteiger partial charge in [-0.2, -0.15) is 5.26 Å². The molecule has 0 radical (unpaired) electrons. The molecular weight excluding hydrogens is 381 g/mol. The van der Waals surface area contributed by atoms with Gasteiger partial charge in [0.2, 0.25) is 5.91 Å². The summed E-state index contributed by atoms with van der Waals surface area (Å²) in [7, 11) is -3.82. The van der Waals surface area contributed by atoms with Crippen LogP contribution in [-0.4, -0.2) is 32.3 Å². The number of anilines is 1. The fourth-order valence-electron chi connectivity index (χ4n) is 2.58. The zero-order chi connectivity index (χ0) is 20.7. The van der Waals surface area contributed by atoms with E-state index in [1.165, 1.54) is 12.1 Å². The number of rotatable bonds is 8. The Morgan fingerprint density at radius 3 is 2.32 bits per heavy atom. The van der Waals surface area contributed by atoms with Crippen molar-refractivity contribution in [1.82, 2.24) is 4.90 Å². The number of nitriles is 1. The second kappa shape index (κ2) is 9.33. The van der Waals surface area contributed by atoms with Crippen molar-refractivity contribution in [3.05, 3.63) is 59.9 Å². The van der Waals surface area contributed by atoms with E-state index in [0.717, 1.165) is 17.7 Å². The molecule has 2 aromatic rings. The molecule has 148 valence electrons. The Bertz CT molecular complexity index is 952. The second-order valence-electron chi connectivity index (χ2n) is 6.40. The molecule has 28 heavy (non-hydrogen) atoms. The first-order valence-electron chi connectivity index (χ1n) is 8.80. The summed E-state index contributed by atoms with van der Waals surface area (Å²) in [6, 6.07) is 13.1. The number of nitrogens with zero attached hydrogens (tertiary/aromatic N) is 2. The largest absolute Gasteiger partial charge is 0.341 e. The van der Waals surface area contributed by atoms with Crippen molar-refractivity contribution < 1.29 is 17.6 Å². The van der Waals surface area contributed by atoms with Crippen LogP contribution in [-0.2, 0) is 21.2 Å². The minimum absolute atomic E-state index is 0.0432. The number of hydrogen-bond acceptors (Lipinski definition) is 4. The summed E-state index contributed by atoms with van der Waals surface area (Å²) < 4.78 is 40.0. The molecule has 6 nitrogen and oxygen atoms in total. The zero-order valence-electron chi connectivity index (χ0n) is 15.7. The molecule has 1 amide bonds. The van der Waals surface area contributed by atoms with Gasteiger partial charge in [-0.1, -0.05) is 12.1 Å². The third-order valence-corrected chi connectivity index (χ3v) is 5.53. The van der Waals surface area contributed by atoms with Crippen LogP contribution in [0.5, 0.6) is 0 Å². The van der Waals surface area contributed by atoms with E-state index in [9.17, 15) is 17.6 Å². The average Bonchev–Trinajstić information content (AvgIpc) is 2.67. The first kappa shape index (κ1) is 21.4. The second-order valence-corrected chi connectivity index (χ2v) is 8.08. The minimum Gasteiger partial charge on any atom is -0.341 e. The molecule has 8 heteroatoms. The lowest BCUT2D eigenvalue weighted by Crippen LogP contribution is -2.35. The molecule has 1 unspecified atom stereocenters. The number of amides is 1. The number of carbonyl (C=O) groups is 1. The summed E-state index contributed by atoms with van der Waals surface area (Å²) in [6.45, 7) is 4.51. The molecule has 0 aliphatic carbocycles. The van der Waals surface area contributed by atoms with Crippen LogP contribution < -0.4 is 4.72 Å². The van der Waals surface area contributed by atoms with Crippen molar-refractivity contribution in [3.63, 3.8) is 0 Å². The maximum atomic E-state index is 13.0. The van der Waals surface area contributed by atoms with Gasteiger partial charge in [0.1, 0.15) is 5.82 Å². The summed E-state index contributed by atoms with van der Waals surface area (Å²) >= 11 is 0. The standard InChI is InChI=1S/C20H22FN3O3S/c1-3-24(14-15(2)13-22)20(25)12-16-4-8-18(9-5-16)23-28(26,27)19-10-6-17(21)7-11-19/h4-11,15,23H,3,12,14H2,1-2H3. The Labute approximate surface area is 164 Å². The lowest BCUT2D eigenvalue weighted by atomic mass is 10.1. The van der Waals surface area contributed by atoms with Crippen molar-refractivity contribution >= 4 is 21.6 Å². The van der Waals surface area contributed by atoms with E-state index in [2.05, 4.69) is 10.8 Å². The maximum Gasteiger partial charge on any atom is 0.261 e. The highest BCUT2D eigenvalue weighted by Crippen LogP contribution is 2.17. The first-order valence-corrected chi connectivity index (χ1v) is 10.3. The summed E-state index contributed by atoms with van der Waals surface area (Å²) in [5.74, 6) is -0.852. The van der Waals surface area contributed by atoms with Gasteiger partial charge in [0.25, 0.3) is 10.0 Å². The lowest BCUT2D eigenvalue weighted by Gasteiger charge is -2.22. The minimum atomic E-state index is -3.82. The molecule has 0 aliphatic heterocycles. The van der Waals surface area contributed by atoms with Gasteiger partial charge in [-0.3, -0.25) is 9.52 Å². The Kier molecular flexibility index (Phi) is 7.12. The topological polar surface area (TPSA) is 90.3 Å². The van der Waals surface area contributed by atoms with E-state index in [0.29, 0.717) is 18.8 Å². The quantitative estimate of drug-likeness (QED) is 0.733. The number of sulfonamides is 1. The van der Waals surface area contributed by atoms with Crippen LogP contribution >= 0.6 is 0 Å². The van der Waals surface area contributed by atoms with Crippen LogP contribution in [0.15, 0.2) is 53.4 Å². The molecule has 0 fully saturated rings. The molecule has 0 saturated carbocycles. The predicted octanol–water partition coefficient (Wildman–Crippen LogP) is 3.18. The number of likely N-dealkylation sites (N-methyl/N-ethyl adjacent to an activating group) is 1. The van der Waals surface area contributed by atoms with E-state index in [1.54, 1.807) is 36.1 Å². The SMILES string of the molecule is CCN(CC(C)C#N)C(=O)Cc1ccc(NS(=O)(=O)c2ccc(F)cc2)cc1. The average molecular weight is 403 g/mol. The van der Waals surface area contributed by atoms with Gasteiger partial charge < -0.3 is 4.90 Å². The van der Waals surface area contributed by atoms with Crippen LogP contribution in [0.25, 0.3) is 0 Å². The molecule has 0 saturated heterocycles. The smallest absolute Gasteiger partial charge is 0.261 e. The monoisotopic (exact) mass is 403 g/mol. The third-order valence-electron chi connectivity index (χ3n) is 4.13. The molecule has 0 spiro atoms. The molecule has 2 rings (SSSR count). The number of halogens is 1. The number of carbonyl (C=O) groups excluding carboxylic acids is 1. The van der Waals surface area contributed by atoms with Crippen molar-refractivity contribution in [2.45, 2.75) is 25.2 Å². The molecular formula is C20H22FN3O3S. The van der Waals surface area contributed by atoms with Crippen LogP contribution in [0, 0.1) is 23.1 Å². The predicted molar refractivity (Wildman–Crippen MR) is 104 cm³/mol. The van der Waals surface area contributed by atoms with Crippen molar-refractivity contribution in [2.24, 2.45) is 5.92 Å². The first-order chi connectivity index (χ1) is 13.2. The highest BCUT2D eigenvalue weighted by Gasteiger charge is 2.16. The number of nitrogens with one attached hydrogen (secondary N) is 1. The Morgan fingerprint density at radius 2 is 1.79 bits per heavy atom. The van der Waals surface area contributed by atoms with E-state index in [1.807, 2.05) is 6.92 Å². The van der Waals surface area contributed by atoms with Gasteiger partial charge in [0.15, 0.2) is 0 Å². The fraction of sp³-hybridized carbons (Fsp3) is 0.300. The van der Waals surface area contributed by atoms with Crippen molar-refractivity contribution in [2.75, 3.05) is 17.8 Å². The van der Waals surface area contributed by atoms with Crippen molar-refractivity contribution in [3.8, 4) is 6.07 Å². The Balaban J connectivity index is 2.04. The molecule has 2 aromatic carbocycles. The van der Waals surface area contributed by atoms with Crippen molar-refractivity contribution in [1.29, 1.82) is 5.26 Å². The summed E-state index contributed by atoms with van der Waals surface area (Å²) in [4.78, 5) is 14.0. The van der Waals surface area contributed by atoms with E-state index >= 15 is 0 Å². The highest BCUT2D eigenvalue weighted by atomic mass is 32.2. The van der Waals surface area contributed by atoms with Crippen LogP contribution in [0.1, 0.15) is 19.4 Å². The van der Waals surface area contributed by atoms with Gasteiger partial charge in [0, 0.05) is 18.8 Å². The number of benzene rings is 2. The maximum absolute atomic E-state index is 13.0. The summed E-state index contributed by atoms with van der Waals surface area (Å²) in [5.41, 5.74) is 1.07. The van der Waals surface area contributed by atoms with Gasteiger partial charge in [-0.05, 0) is 55.8 Å². The van der Waals surface area contributed by atoms with Crippen LogP contribution in [0.3, 0.4) is 0 Å². The van der Waals surface area contributed by atoms with E-state index in [-0.39, 0.29) is 23.1 Å². The van der Waals surface area contributed by atoms with Gasteiger partial charge in [0.05, 0.1) is 23.3 Å². The van der Waals surface area contributed by atoms with Gasteiger partial charge >= 0.3 is 0 Å². The van der Waals surface area contributed by atoms with E-state index < -0.39 is 15.8 Å². The molecule has 1 N–H and O–H groups in total. The summed E-state index contributed by atoms with van der Waals surface area (Å²) in [5, 5.41) is 8.91. The molecule has 1 atom stereocenters. The normalized spacial score (nSPS) is 12.1. The fourth-order valence-corrected chi connectivity index (χ4v) is 3.64. The molecule has 0 bridgehead atoms. The van der Waals surface area contributed by atoms with E-state index in [4.69, 9.17) is 5.26 Å². The molecule has 0 aromatic heterocycles. The van der Waals surface area contributed by atoms with Crippen LogP contribution in [0.2, 0.25) is 0 Å². The molecule has 0 aliphatic rings. The van der Waals surface area contributed by atoms with Gasteiger partial charge in [-0.25, -0.2) is 12.8 Å². The van der Waals surface area contributed by atoms with Crippen LogP contribution in [0.4, 0.5) is 10.1 Å². The molecule has 0 heterocycles. The summed E-state index contributed by atoms with van der Waals surface area (Å²) in [6.07, 6.45) is 0.164. The van der Waals surface area contributed by atoms with Gasteiger partial charge in [-0.15, -0.1) is 0 Å².